The zero-order chi connectivity index (χ0) is 17.9. The van der Waals surface area contributed by atoms with Gasteiger partial charge in [-0.1, -0.05) is 36.9 Å². The van der Waals surface area contributed by atoms with Gasteiger partial charge in [0.2, 0.25) is 0 Å². The largest absolute Gasteiger partial charge is 1.00 e. The number of esters is 2. The van der Waals surface area contributed by atoms with Gasteiger partial charge < -0.3 is 14.0 Å². The molecule has 1 rings (SSSR count). The van der Waals surface area contributed by atoms with Gasteiger partial charge in [0.1, 0.15) is 10.1 Å². The smallest absolute Gasteiger partial charge is 0.744 e. The van der Waals surface area contributed by atoms with Gasteiger partial charge in [0.25, 0.3) is 0 Å². The summed E-state index contributed by atoms with van der Waals surface area (Å²) in [5, 5.41) is 0.641. The van der Waals surface area contributed by atoms with Crippen LogP contribution in [0.15, 0.2) is 60.7 Å². The molecule has 0 fully saturated rings. The van der Waals surface area contributed by atoms with Crippen LogP contribution in [0.25, 0.3) is 6.08 Å². The Balaban J connectivity index is 0. The van der Waals surface area contributed by atoms with Crippen LogP contribution in [-0.2, 0) is 29.2 Å². The van der Waals surface area contributed by atoms with Crippen molar-refractivity contribution in [1.82, 2.24) is 0 Å². The van der Waals surface area contributed by atoms with Crippen molar-refractivity contribution in [2.75, 3.05) is 7.11 Å². The van der Waals surface area contributed by atoms with E-state index in [4.69, 9.17) is 0 Å². The third-order valence-electron chi connectivity index (χ3n) is 2.06. The molecule has 124 valence electrons. The first-order chi connectivity index (χ1) is 10.7. The summed E-state index contributed by atoms with van der Waals surface area (Å²) >= 11 is 0. The van der Waals surface area contributed by atoms with Crippen LogP contribution >= 0.6 is 0 Å². The van der Waals surface area contributed by atoms with Crippen LogP contribution in [0.1, 0.15) is 5.56 Å². The van der Waals surface area contributed by atoms with Crippen LogP contribution in [0.5, 0.6) is 0 Å². The Morgan fingerprint density at radius 1 is 1.21 bits per heavy atom. The molecule has 0 aromatic heterocycles. The molecule has 0 aliphatic carbocycles. The van der Waals surface area contributed by atoms with E-state index in [0.29, 0.717) is 11.0 Å². The van der Waals surface area contributed by atoms with Gasteiger partial charge in [-0.15, -0.1) is 0 Å². The molecule has 0 saturated carbocycles. The molecule has 0 aliphatic heterocycles. The minimum absolute atomic E-state index is 0. The number of carbonyl (C=O) groups is 2. The summed E-state index contributed by atoms with van der Waals surface area (Å²) in [6.07, 6.45) is 2.14. The van der Waals surface area contributed by atoms with Crippen LogP contribution in [-0.4, -0.2) is 32.0 Å². The minimum Gasteiger partial charge on any atom is -0.744 e. The van der Waals surface area contributed by atoms with E-state index in [1.54, 1.807) is 24.3 Å². The van der Waals surface area contributed by atoms with Crippen molar-refractivity contribution >= 4 is 28.1 Å². The van der Waals surface area contributed by atoms with Crippen molar-refractivity contribution in [2.24, 2.45) is 0 Å². The summed E-state index contributed by atoms with van der Waals surface area (Å²) in [4.78, 5) is 21.0. The van der Waals surface area contributed by atoms with E-state index in [0.717, 1.165) is 6.08 Å². The van der Waals surface area contributed by atoms with Gasteiger partial charge in [-0.05, 0) is 18.2 Å². The second kappa shape index (κ2) is 12.7. The molecule has 0 aliphatic rings. The number of hydrogen-bond donors (Lipinski definition) is 0. The Morgan fingerprint density at radius 3 is 2.17 bits per heavy atom. The van der Waals surface area contributed by atoms with Gasteiger partial charge in [-0.3, -0.25) is 0 Å². The average molecular weight is 362 g/mol. The van der Waals surface area contributed by atoms with Gasteiger partial charge in [-0.25, -0.2) is 18.0 Å². The first kappa shape index (κ1) is 24.5. The standard InChI is InChI=1S/C8H8O3S.C7H8O4.Na/c9-12(10,11)7-6-8-4-2-1-3-5-8;1-4-6(8)11-7(9)5(2)10-3;/h1-7H,(H,9,10,11);4H,1-2H2,3H3;/q;;+1/p-1. The number of carbonyl (C=O) groups excluding carboxylic acids is 2. The fraction of sp³-hybridized carbons (Fsp3) is 0.0667. The van der Waals surface area contributed by atoms with Crippen LogP contribution < -0.4 is 29.6 Å². The number of hydrogen-bond acceptors (Lipinski definition) is 7. The topological polar surface area (TPSA) is 110 Å². The molecule has 0 spiro atoms. The van der Waals surface area contributed by atoms with E-state index in [2.05, 4.69) is 22.6 Å². The maximum atomic E-state index is 10.6. The minimum atomic E-state index is -4.25. The van der Waals surface area contributed by atoms with Gasteiger partial charge >= 0.3 is 41.5 Å². The third-order valence-corrected chi connectivity index (χ3v) is 2.53. The van der Waals surface area contributed by atoms with Crippen molar-refractivity contribution in [3.8, 4) is 0 Å². The summed E-state index contributed by atoms with van der Waals surface area (Å²) in [5.74, 6) is -1.95. The van der Waals surface area contributed by atoms with Crippen LogP contribution in [0, 0.1) is 0 Å². The van der Waals surface area contributed by atoms with E-state index in [9.17, 15) is 22.6 Å². The fourth-order valence-electron chi connectivity index (χ4n) is 0.999. The van der Waals surface area contributed by atoms with Gasteiger partial charge in [-0.2, -0.15) is 0 Å². The number of rotatable bonds is 5. The molecule has 0 radical (unpaired) electrons. The molecule has 24 heavy (non-hydrogen) atoms. The Bertz CT molecular complexity index is 694. The average Bonchev–Trinajstić information content (AvgIpc) is 2.52. The number of methoxy groups -OCH3 is 1. The first-order valence-corrected chi connectivity index (χ1v) is 7.47. The molecule has 0 amide bonds. The molecule has 0 atom stereocenters. The van der Waals surface area contributed by atoms with E-state index < -0.39 is 22.1 Å². The molecular weight excluding hydrogens is 347 g/mol. The van der Waals surface area contributed by atoms with Crippen LogP contribution in [0.4, 0.5) is 0 Å². The van der Waals surface area contributed by atoms with Crippen molar-refractivity contribution in [2.45, 2.75) is 0 Å². The normalized spacial score (nSPS) is 9.75. The Morgan fingerprint density at radius 2 is 1.75 bits per heavy atom. The first-order valence-electron chi connectivity index (χ1n) is 6.00. The predicted molar refractivity (Wildman–Crippen MR) is 82.6 cm³/mol. The molecular formula is C15H15NaO7S. The molecule has 0 bridgehead atoms. The Labute approximate surface area is 162 Å². The molecule has 9 heteroatoms. The van der Waals surface area contributed by atoms with Crippen molar-refractivity contribution in [1.29, 1.82) is 0 Å². The van der Waals surface area contributed by atoms with Crippen molar-refractivity contribution < 1.29 is 61.6 Å². The third kappa shape index (κ3) is 12.8. The maximum Gasteiger partial charge on any atom is 1.00 e. The zero-order valence-electron chi connectivity index (χ0n) is 13.3. The molecule has 0 saturated heterocycles. The number of benzene rings is 1. The monoisotopic (exact) mass is 362 g/mol. The molecule has 1 aromatic rings. The summed E-state index contributed by atoms with van der Waals surface area (Å²) in [6, 6.07) is 8.75. The van der Waals surface area contributed by atoms with Gasteiger partial charge in [0, 0.05) is 11.5 Å². The summed E-state index contributed by atoms with van der Waals surface area (Å²) in [6.45, 7) is 6.28. The van der Waals surface area contributed by atoms with E-state index >= 15 is 0 Å². The van der Waals surface area contributed by atoms with Crippen molar-refractivity contribution in [3.63, 3.8) is 0 Å². The summed E-state index contributed by atoms with van der Waals surface area (Å²) < 4.78 is 39.0. The summed E-state index contributed by atoms with van der Waals surface area (Å²) in [5.41, 5.74) is 0.692. The quantitative estimate of drug-likeness (QED) is 0.158. The van der Waals surface area contributed by atoms with E-state index in [1.165, 1.54) is 13.2 Å². The van der Waals surface area contributed by atoms with Crippen molar-refractivity contribution in [3.05, 3.63) is 66.3 Å². The molecule has 0 heterocycles. The Kier molecular flexibility index (Phi) is 13.0. The SMILES string of the molecule is C=CC(=O)OC(=O)C(=C)OC.O=S(=O)([O-])C=Cc1ccccc1.[Na+]. The second-order valence-corrected chi connectivity index (χ2v) is 5.00. The zero-order valence-corrected chi connectivity index (χ0v) is 16.1. The number of ether oxygens (including phenoxy) is 2. The summed E-state index contributed by atoms with van der Waals surface area (Å²) in [7, 11) is -3.00. The second-order valence-electron chi connectivity index (χ2n) is 3.75. The molecule has 0 unspecified atom stereocenters. The molecule has 1 aromatic carbocycles. The Hall–Kier alpha value is -1.71. The molecule has 0 N–H and O–H groups in total. The van der Waals surface area contributed by atoms with Gasteiger partial charge in [0.05, 0.1) is 7.11 Å². The van der Waals surface area contributed by atoms with E-state index in [1.807, 2.05) is 6.07 Å². The molecule has 7 nitrogen and oxygen atoms in total. The van der Waals surface area contributed by atoms with Crippen LogP contribution in [0.3, 0.4) is 0 Å². The maximum absolute atomic E-state index is 10.6. The van der Waals surface area contributed by atoms with Crippen LogP contribution in [0.2, 0.25) is 0 Å². The fourth-order valence-corrected chi connectivity index (χ4v) is 1.32. The predicted octanol–water partition coefficient (Wildman–Crippen LogP) is -1.39. The van der Waals surface area contributed by atoms with E-state index in [-0.39, 0.29) is 35.3 Å². The van der Waals surface area contributed by atoms with Gasteiger partial charge in [0.15, 0.2) is 5.76 Å².